The molecule has 0 N–H and O–H groups in total. The Kier molecular flexibility index (Phi) is 7.17. The molecule has 0 spiro atoms. The molecule has 0 amide bonds. The van der Waals surface area contributed by atoms with Crippen molar-refractivity contribution in [2.45, 2.75) is 19.3 Å². The molecule has 0 bridgehead atoms. The summed E-state index contributed by atoms with van der Waals surface area (Å²) in [4.78, 5) is 15.7. The number of aromatic nitrogens is 4. The van der Waals surface area contributed by atoms with Gasteiger partial charge in [-0.3, -0.25) is 0 Å². The summed E-state index contributed by atoms with van der Waals surface area (Å²) < 4.78 is 2.37. The van der Waals surface area contributed by atoms with E-state index in [9.17, 15) is 0 Å². The second-order valence-corrected chi connectivity index (χ2v) is 15.2. The van der Waals surface area contributed by atoms with Crippen LogP contribution in [0.15, 0.2) is 182 Å². The highest BCUT2D eigenvalue weighted by Crippen LogP contribution is 2.52. The van der Waals surface area contributed by atoms with Crippen molar-refractivity contribution in [3.63, 3.8) is 0 Å². The van der Waals surface area contributed by atoms with Gasteiger partial charge in [0, 0.05) is 38.6 Å². The van der Waals surface area contributed by atoms with Crippen molar-refractivity contribution in [1.82, 2.24) is 19.5 Å². The molecule has 0 fully saturated rings. The van der Waals surface area contributed by atoms with E-state index in [0.717, 1.165) is 38.8 Å². The Labute approximate surface area is 325 Å². The first-order valence-corrected chi connectivity index (χ1v) is 19.2. The molecule has 1 aliphatic carbocycles. The van der Waals surface area contributed by atoms with Crippen LogP contribution in [-0.4, -0.2) is 19.5 Å². The minimum atomic E-state index is -0.0824. The van der Waals surface area contributed by atoms with E-state index >= 15 is 0 Å². The van der Waals surface area contributed by atoms with Crippen molar-refractivity contribution >= 4 is 32.6 Å². The van der Waals surface area contributed by atoms with Gasteiger partial charge in [0.1, 0.15) is 0 Å². The van der Waals surface area contributed by atoms with E-state index in [2.05, 4.69) is 182 Å². The van der Waals surface area contributed by atoms with E-state index in [1.165, 1.54) is 49.5 Å². The maximum atomic E-state index is 5.30. The van der Waals surface area contributed by atoms with Gasteiger partial charge in [0.2, 0.25) is 0 Å². The summed E-state index contributed by atoms with van der Waals surface area (Å²) >= 11 is 0. The van der Waals surface area contributed by atoms with E-state index in [-0.39, 0.29) is 5.41 Å². The van der Waals surface area contributed by atoms with Gasteiger partial charge in [-0.2, -0.15) is 0 Å². The number of hydrogen-bond donors (Lipinski definition) is 0. The minimum Gasteiger partial charge on any atom is -0.309 e. The highest BCUT2D eigenvalue weighted by Gasteiger charge is 2.36. The molecule has 11 rings (SSSR count). The van der Waals surface area contributed by atoms with Gasteiger partial charge in [-0.1, -0.05) is 172 Å². The Hall–Kier alpha value is -7.17. The third-order valence-corrected chi connectivity index (χ3v) is 11.7. The van der Waals surface area contributed by atoms with Crippen LogP contribution in [0.5, 0.6) is 0 Å². The standard InChI is InChI=1S/C52H36N4/c1-52(2)44-25-11-9-22-43(44)48-41-23-14-24-42(38(41)29-30-45(48)52)51-54-49(34-17-7-4-8-18-34)53-50(55-51)36-27-28-40-39-21-10-12-26-46(39)56(47(40)32-36)37-20-13-19-35(31-37)33-15-5-3-6-16-33/h3-32H,1-2H3. The molecular weight excluding hydrogens is 681 g/mol. The van der Waals surface area contributed by atoms with Crippen molar-refractivity contribution < 1.29 is 0 Å². The van der Waals surface area contributed by atoms with Crippen molar-refractivity contribution in [3.05, 3.63) is 193 Å². The van der Waals surface area contributed by atoms with E-state index in [1.54, 1.807) is 0 Å². The summed E-state index contributed by atoms with van der Waals surface area (Å²) in [7, 11) is 0. The molecule has 0 saturated carbocycles. The second kappa shape index (κ2) is 12.4. The largest absolute Gasteiger partial charge is 0.309 e. The maximum Gasteiger partial charge on any atom is 0.164 e. The Bertz CT molecular complexity index is 3160. The lowest BCUT2D eigenvalue weighted by Gasteiger charge is -2.21. The summed E-state index contributed by atoms with van der Waals surface area (Å²) in [6, 6.07) is 64.8. The van der Waals surface area contributed by atoms with Crippen LogP contribution in [0.25, 0.3) is 94.7 Å². The number of fused-ring (bicyclic) bond motifs is 8. The van der Waals surface area contributed by atoms with E-state index in [0.29, 0.717) is 17.5 Å². The molecule has 0 unspecified atom stereocenters. The average Bonchev–Trinajstić information content (AvgIpc) is 3.72. The third kappa shape index (κ3) is 4.96. The zero-order chi connectivity index (χ0) is 37.4. The first-order valence-electron chi connectivity index (χ1n) is 19.2. The lowest BCUT2D eigenvalue weighted by molar-refractivity contribution is 0.661. The SMILES string of the molecule is CC1(C)c2ccccc2-c2c1ccc1c(-c3nc(-c4ccccc4)nc(-c4ccc5c6ccccc6n(-c6cccc(-c7ccccc7)c6)c5c4)n3)cccc21. The highest BCUT2D eigenvalue weighted by molar-refractivity contribution is 6.10. The fourth-order valence-electron chi connectivity index (χ4n) is 8.94. The van der Waals surface area contributed by atoms with Gasteiger partial charge in [-0.25, -0.2) is 15.0 Å². The maximum absolute atomic E-state index is 5.30. The van der Waals surface area contributed by atoms with Crippen LogP contribution in [0, 0.1) is 0 Å². The first kappa shape index (κ1) is 32.3. The summed E-state index contributed by atoms with van der Waals surface area (Å²) in [5.74, 6) is 1.93. The molecule has 0 radical (unpaired) electrons. The fourth-order valence-corrected chi connectivity index (χ4v) is 8.94. The Morgan fingerprint density at radius 3 is 1.82 bits per heavy atom. The van der Waals surface area contributed by atoms with Crippen molar-refractivity contribution in [3.8, 4) is 62.1 Å². The van der Waals surface area contributed by atoms with E-state index in [1.807, 2.05) is 18.2 Å². The summed E-state index contributed by atoms with van der Waals surface area (Å²) in [6.45, 7) is 4.65. The molecule has 56 heavy (non-hydrogen) atoms. The molecule has 2 heterocycles. The highest BCUT2D eigenvalue weighted by atomic mass is 15.0. The lowest BCUT2D eigenvalue weighted by Crippen LogP contribution is -2.14. The van der Waals surface area contributed by atoms with Gasteiger partial charge in [-0.05, 0) is 68.4 Å². The van der Waals surface area contributed by atoms with Crippen molar-refractivity contribution in [2.24, 2.45) is 0 Å². The molecule has 4 nitrogen and oxygen atoms in total. The van der Waals surface area contributed by atoms with Crippen LogP contribution < -0.4 is 0 Å². The molecule has 264 valence electrons. The monoisotopic (exact) mass is 716 g/mol. The number of nitrogens with zero attached hydrogens (tertiary/aromatic N) is 4. The van der Waals surface area contributed by atoms with Gasteiger partial charge in [0.25, 0.3) is 0 Å². The zero-order valence-electron chi connectivity index (χ0n) is 31.1. The molecule has 0 aliphatic heterocycles. The quantitative estimate of drug-likeness (QED) is 0.178. The van der Waals surface area contributed by atoms with Crippen LogP contribution >= 0.6 is 0 Å². The van der Waals surface area contributed by atoms with Gasteiger partial charge < -0.3 is 4.57 Å². The number of benzene rings is 8. The summed E-state index contributed by atoms with van der Waals surface area (Å²) in [5.41, 5.74) is 13.8. The topological polar surface area (TPSA) is 43.6 Å². The minimum absolute atomic E-state index is 0.0824. The van der Waals surface area contributed by atoms with Gasteiger partial charge in [0.15, 0.2) is 17.5 Å². The molecule has 1 aliphatic rings. The van der Waals surface area contributed by atoms with Crippen LogP contribution in [0.2, 0.25) is 0 Å². The normalized spacial score (nSPS) is 13.0. The Morgan fingerprint density at radius 1 is 0.375 bits per heavy atom. The second-order valence-electron chi connectivity index (χ2n) is 15.2. The van der Waals surface area contributed by atoms with Crippen molar-refractivity contribution in [2.75, 3.05) is 0 Å². The molecule has 10 aromatic rings. The smallest absolute Gasteiger partial charge is 0.164 e. The van der Waals surface area contributed by atoms with E-state index in [4.69, 9.17) is 15.0 Å². The number of para-hydroxylation sites is 1. The fraction of sp³-hybridized carbons (Fsp3) is 0.0577. The van der Waals surface area contributed by atoms with Gasteiger partial charge in [-0.15, -0.1) is 0 Å². The number of hydrogen-bond acceptors (Lipinski definition) is 3. The lowest BCUT2D eigenvalue weighted by atomic mass is 9.82. The summed E-state index contributed by atoms with van der Waals surface area (Å²) in [5, 5.41) is 4.72. The Balaban J connectivity index is 1.13. The van der Waals surface area contributed by atoms with Gasteiger partial charge in [0.05, 0.1) is 11.0 Å². The van der Waals surface area contributed by atoms with E-state index < -0.39 is 0 Å². The molecule has 0 atom stereocenters. The first-order chi connectivity index (χ1) is 27.5. The number of rotatable bonds is 5. The van der Waals surface area contributed by atoms with Crippen LogP contribution in [0.3, 0.4) is 0 Å². The van der Waals surface area contributed by atoms with Gasteiger partial charge >= 0.3 is 0 Å². The van der Waals surface area contributed by atoms with Crippen LogP contribution in [0.4, 0.5) is 0 Å². The van der Waals surface area contributed by atoms with Crippen molar-refractivity contribution in [1.29, 1.82) is 0 Å². The summed E-state index contributed by atoms with van der Waals surface area (Å²) in [6.07, 6.45) is 0. The zero-order valence-corrected chi connectivity index (χ0v) is 31.1. The predicted molar refractivity (Wildman–Crippen MR) is 231 cm³/mol. The Morgan fingerprint density at radius 2 is 0.982 bits per heavy atom. The average molecular weight is 717 g/mol. The molecule has 8 aromatic carbocycles. The molecular formula is C52H36N4. The molecule has 2 aromatic heterocycles. The third-order valence-electron chi connectivity index (χ3n) is 11.7. The molecule has 0 saturated heterocycles. The van der Waals surface area contributed by atoms with Crippen LogP contribution in [0.1, 0.15) is 25.0 Å². The van der Waals surface area contributed by atoms with Crippen LogP contribution in [-0.2, 0) is 5.41 Å². The molecule has 4 heteroatoms. The predicted octanol–water partition coefficient (Wildman–Crippen LogP) is 13.1.